The van der Waals surface area contributed by atoms with E-state index >= 15 is 0 Å². The molecule has 0 aromatic heterocycles. The Balaban J connectivity index is 2.69. The summed E-state index contributed by atoms with van der Waals surface area (Å²) in [7, 11) is -2.94. The van der Waals surface area contributed by atoms with Gasteiger partial charge in [0.05, 0.1) is 11.0 Å². The van der Waals surface area contributed by atoms with Crippen LogP contribution in [0.15, 0.2) is 0 Å². The molecule has 1 aliphatic carbocycles. The van der Waals surface area contributed by atoms with Crippen LogP contribution in [-0.4, -0.2) is 32.0 Å². The zero-order valence-corrected chi connectivity index (χ0v) is 13.1. The Bertz CT molecular complexity index is 337. The van der Waals surface area contributed by atoms with E-state index in [1.54, 1.807) is 0 Å². The fourth-order valence-corrected chi connectivity index (χ4v) is 4.96. The first kappa shape index (κ1) is 16.0. The average Bonchev–Trinajstić information content (AvgIpc) is 2.76. The highest BCUT2D eigenvalue weighted by atomic mass is 32.2. The first-order valence-electron chi connectivity index (χ1n) is 7.22. The summed E-state index contributed by atoms with van der Waals surface area (Å²) < 4.78 is 24.8. The molecule has 0 spiro atoms. The lowest BCUT2D eigenvalue weighted by molar-refractivity contribution is 0.288. The Kier molecular flexibility index (Phi) is 5.66. The molecule has 1 rings (SSSR count). The minimum atomic E-state index is -2.94. The van der Waals surface area contributed by atoms with Crippen molar-refractivity contribution in [3.63, 3.8) is 0 Å². The number of rotatable bonds is 6. The van der Waals surface area contributed by atoms with Gasteiger partial charge in [-0.05, 0) is 31.2 Å². The van der Waals surface area contributed by atoms with Crippen molar-refractivity contribution in [2.24, 2.45) is 5.41 Å². The van der Waals surface area contributed by atoms with Gasteiger partial charge in [0.1, 0.15) is 0 Å². The van der Waals surface area contributed by atoms with Crippen molar-refractivity contribution in [1.29, 1.82) is 0 Å². The maximum Gasteiger partial charge on any atom is 0.154 e. The highest BCUT2D eigenvalue weighted by molar-refractivity contribution is 7.92. The van der Waals surface area contributed by atoms with Crippen molar-refractivity contribution in [3.8, 4) is 0 Å². The molecule has 1 saturated carbocycles. The molecule has 3 nitrogen and oxygen atoms in total. The Labute approximate surface area is 113 Å². The molecule has 1 N–H and O–H groups in total. The summed E-state index contributed by atoms with van der Waals surface area (Å²) in [5.74, 6) is 0.293. The molecular weight excluding hydrogens is 246 g/mol. The van der Waals surface area contributed by atoms with Gasteiger partial charge in [-0.15, -0.1) is 0 Å². The van der Waals surface area contributed by atoms with Gasteiger partial charge in [-0.2, -0.15) is 0 Å². The molecule has 0 bridgehead atoms. The van der Waals surface area contributed by atoms with Gasteiger partial charge in [0.2, 0.25) is 0 Å². The third-order valence-electron chi connectivity index (χ3n) is 3.90. The SMILES string of the molecule is CCCNC(CS(=O)(=O)C1CCCC1)C(C)(C)C. The molecule has 1 unspecified atom stereocenters. The monoisotopic (exact) mass is 275 g/mol. The summed E-state index contributed by atoms with van der Waals surface area (Å²) in [4.78, 5) is 0. The van der Waals surface area contributed by atoms with E-state index in [9.17, 15) is 8.42 Å². The average molecular weight is 275 g/mol. The van der Waals surface area contributed by atoms with Crippen LogP contribution in [0.4, 0.5) is 0 Å². The van der Waals surface area contributed by atoms with Crippen LogP contribution in [-0.2, 0) is 9.84 Å². The molecule has 18 heavy (non-hydrogen) atoms. The third kappa shape index (κ3) is 4.54. The van der Waals surface area contributed by atoms with Gasteiger partial charge in [-0.1, -0.05) is 40.5 Å². The highest BCUT2D eigenvalue weighted by Gasteiger charge is 2.34. The van der Waals surface area contributed by atoms with Crippen LogP contribution in [0.5, 0.6) is 0 Å². The predicted molar refractivity (Wildman–Crippen MR) is 77.6 cm³/mol. The summed E-state index contributed by atoms with van der Waals surface area (Å²) in [5.41, 5.74) is -0.0131. The van der Waals surface area contributed by atoms with Crippen molar-refractivity contribution in [2.75, 3.05) is 12.3 Å². The molecule has 1 atom stereocenters. The van der Waals surface area contributed by atoms with Gasteiger partial charge in [-0.3, -0.25) is 0 Å². The second-order valence-electron chi connectivity index (χ2n) is 6.61. The van der Waals surface area contributed by atoms with Crippen LogP contribution in [0, 0.1) is 5.41 Å². The zero-order chi connectivity index (χ0) is 13.8. The summed E-state index contributed by atoms with van der Waals surface area (Å²) in [6.45, 7) is 9.35. The van der Waals surface area contributed by atoms with Crippen LogP contribution in [0.2, 0.25) is 0 Å². The van der Waals surface area contributed by atoms with Crippen LogP contribution in [0.25, 0.3) is 0 Å². The Morgan fingerprint density at radius 1 is 1.22 bits per heavy atom. The lowest BCUT2D eigenvalue weighted by atomic mass is 9.88. The maximum atomic E-state index is 12.4. The molecule has 1 aliphatic rings. The van der Waals surface area contributed by atoms with Crippen molar-refractivity contribution >= 4 is 9.84 Å². The normalized spacial score (nSPS) is 20.2. The summed E-state index contributed by atoms with van der Waals surface area (Å²) in [6, 6.07) is 0.0584. The summed E-state index contributed by atoms with van der Waals surface area (Å²) in [5, 5.41) is 3.33. The number of sulfone groups is 1. The maximum absolute atomic E-state index is 12.4. The predicted octanol–water partition coefficient (Wildman–Crippen LogP) is 2.76. The minimum absolute atomic E-state index is 0.0131. The van der Waals surface area contributed by atoms with E-state index in [-0.39, 0.29) is 16.7 Å². The molecule has 0 amide bonds. The van der Waals surface area contributed by atoms with Gasteiger partial charge < -0.3 is 5.32 Å². The summed E-state index contributed by atoms with van der Waals surface area (Å²) in [6.07, 6.45) is 4.93. The van der Waals surface area contributed by atoms with Crippen LogP contribution < -0.4 is 5.32 Å². The van der Waals surface area contributed by atoms with Crippen molar-refractivity contribution in [2.45, 2.75) is 71.1 Å². The van der Waals surface area contributed by atoms with Crippen molar-refractivity contribution < 1.29 is 8.42 Å². The molecule has 0 radical (unpaired) electrons. The smallest absolute Gasteiger partial charge is 0.154 e. The van der Waals surface area contributed by atoms with E-state index in [1.807, 2.05) is 0 Å². The van der Waals surface area contributed by atoms with E-state index in [4.69, 9.17) is 0 Å². The standard InChI is InChI=1S/C14H29NO2S/c1-5-10-15-13(14(2,3)4)11-18(16,17)12-8-6-7-9-12/h12-13,15H,5-11H2,1-4H3. The van der Waals surface area contributed by atoms with Crippen LogP contribution in [0.1, 0.15) is 59.8 Å². The minimum Gasteiger partial charge on any atom is -0.312 e. The summed E-state index contributed by atoms with van der Waals surface area (Å²) >= 11 is 0. The quantitative estimate of drug-likeness (QED) is 0.811. The Morgan fingerprint density at radius 3 is 2.22 bits per heavy atom. The molecule has 0 aromatic carbocycles. The third-order valence-corrected chi connectivity index (χ3v) is 6.18. The van der Waals surface area contributed by atoms with E-state index in [0.29, 0.717) is 5.75 Å². The molecule has 0 heterocycles. The topological polar surface area (TPSA) is 46.2 Å². The second kappa shape index (κ2) is 6.38. The molecular formula is C14H29NO2S. The Hall–Kier alpha value is -0.0900. The van der Waals surface area contributed by atoms with Gasteiger partial charge >= 0.3 is 0 Å². The molecule has 0 aromatic rings. The van der Waals surface area contributed by atoms with Gasteiger partial charge in [0.15, 0.2) is 9.84 Å². The molecule has 1 fully saturated rings. The molecule has 0 saturated heterocycles. The van der Waals surface area contributed by atoms with Gasteiger partial charge in [0.25, 0.3) is 0 Å². The molecule has 108 valence electrons. The lowest BCUT2D eigenvalue weighted by Gasteiger charge is -2.32. The second-order valence-corrected chi connectivity index (χ2v) is 8.93. The van der Waals surface area contributed by atoms with E-state index in [1.165, 1.54) is 0 Å². The molecule has 0 aliphatic heterocycles. The van der Waals surface area contributed by atoms with E-state index in [0.717, 1.165) is 38.6 Å². The van der Waals surface area contributed by atoms with Gasteiger partial charge in [0, 0.05) is 6.04 Å². The number of nitrogens with one attached hydrogen (secondary N) is 1. The van der Waals surface area contributed by atoms with E-state index < -0.39 is 9.84 Å². The van der Waals surface area contributed by atoms with Crippen molar-refractivity contribution in [1.82, 2.24) is 5.32 Å². The number of hydrogen-bond donors (Lipinski definition) is 1. The number of hydrogen-bond acceptors (Lipinski definition) is 3. The molecule has 4 heteroatoms. The fraction of sp³-hybridized carbons (Fsp3) is 1.00. The highest BCUT2D eigenvalue weighted by Crippen LogP contribution is 2.28. The zero-order valence-electron chi connectivity index (χ0n) is 12.3. The van der Waals surface area contributed by atoms with Crippen LogP contribution in [0.3, 0.4) is 0 Å². The lowest BCUT2D eigenvalue weighted by Crippen LogP contribution is -2.47. The van der Waals surface area contributed by atoms with Crippen molar-refractivity contribution in [3.05, 3.63) is 0 Å². The first-order chi connectivity index (χ1) is 8.27. The Morgan fingerprint density at radius 2 is 1.78 bits per heavy atom. The van der Waals surface area contributed by atoms with Gasteiger partial charge in [-0.25, -0.2) is 8.42 Å². The fourth-order valence-electron chi connectivity index (χ4n) is 2.55. The first-order valence-corrected chi connectivity index (χ1v) is 8.94. The largest absolute Gasteiger partial charge is 0.312 e. The van der Waals surface area contributed by atoms with Crippen LogP contribution >= 0.6 is 0 Å². The van der Waals surface area contributed by atoms with E-state index in [2.05, 4.69) is 33.0 Å².